The molecule has 1 nitrogen and oxygen atoms in total. The molecule has 106 valence electrons. The van der Waals surface area contributed by atoms with Crippen LogP contribution in [0.15, 0.2) is 53.0 Å². The summed E-state index contributed by atoms with van der Waals surface area (Å²) in [5, 5.41) is 0. The quantitative estimate of drug-likeness (QED) is 0.631. The van der Waals surface area contributed by atoms with Gasteiger partial charge in [-0.1, -0.05) is 34.1 Å². The van der Waals surface area contributed by atoms with E-state index in [0.717, 1.165) is 22.2 Å². The maximum absolute atomic E-state index is 12.9. The van der Waals surface area contributed by atoms with Gasteiger partial charge in [0.05, 0.1) is 6.61 Å². The van der Waals surface area contributed by atoms with Gasteiger partial charge in [-0.05, 0) is 42.3 Å². The fourth-order valence-corrected chi connectivity index (χ4v) is 2.65. The lowest BCUT2D eigenvalue weighted by molar-refractivity contribution is 0.301. The Labute approximate surface area is 131 Å². The van der Waals surface area contributed by atoms with Gasteiger partial charge in [-0.25, -0.2) is 4.39 Å². The first-order valence-corrected chi connectivity index (χ1v) is 7.71. The minimum Gasteiger partial charge on any atom is -0.494 e. The SMILES string of the molecule is Fc1ccc(C(CCl)CCOc2cccc(Br)c2)cc1. The molecule has 4 heteroatoms. The number of ether oxygens (including phenoxy) is 1. The van der Waals surface area contributed by atoms with E-state index in [1.165, 1.54) is 12.1 Å². The fourth-order valence-electron chi connectivity index (χ4n) is 1.94. The number of benzene rings is 2. The Bertz CT molecular complexity index is 544. The van der Waals surface area contributed by atoms with E-state index >= 15 is 0 Å². The number of rotatable bonds is 6. The maximum Gasteiger partial charge on any atom is 0.123 e. The molecule has 2 aromatic rings. The molecular weight excluding hydrogens is 343 g/mol. The second kappa shape index (κ2) is 7.65. The second-order valence-corrected chi connectivity index (χ2v) is 5.72. The predicted molar refractivity (Wildman–Crippen MR) is 84.1 cm³/mol. The average Bonchev–Trinajstić information content (AvgIpc) is 2.45. The predicted octanol–water partition coefficient (Wildman–Crippen LogP) is 5.38. The van der Waals surface area contributed by atoms with Crippen molar-refractivity contribution in [3.05, 3.63) is 64.4 Å². The van der Waals surface area contributed by atoms with E-state index in [0.29, 0.717) is 12.5 Å². The number of hydrogen-bond donors (Lipinski definition) is 0. The third-order valence-electron chi connectivity index (χ3n) is 3.06. The van der Waals surface area contributed by atoms with Crippen LogP contribution in [0.2, 0.25) is 0 Å². The Morgan fingerprint density at radius 1 is 1.15 bits per heavy atom. The molecule has 0 amide bonds. The topological polar surface area (TPSA) is 9.23 Å². The van der Waals surface area contributed by atoms with Crippen molar-refractivity contribution in [2.45, 2.75) is 12.3 Å². The molecule has 0 fully saturated rings. The molecule has 1 unspecified atom stereocenters. The van der Waals surface area contributed by atoms with Crippen molar-refractivity contribution >= 4 is 27.5 Å². The van der Waals surface area contributed by atoms with Crippen molar-refractivity contribution in [3.63, 3.8) is 0 Å². The monoisotopic (exact) mass is 356 g/mol. The maximum atomic E-state index is 12.9. The molecule has 0 spiro atoms. The Balaban J connectivity index is 1.89. The normalized spacial score (nSPS) is 12.2. The molecule has 1 atom stereocenters. The van der Waals surface area contributed by atoms with Gasteiger partial charge in [-0.2, -0.15) is 0 Å². The average molecular weight is 358 g/mol. The van der Waals surface area contributed by atoms with Crippen LogP contribution < -0.4 is 4.74 Å². The Hall–Kier alpha value is -1.06. The summed E-state index contributed by atoms with van der Waals surface area (Å²) in [6.07, 6.45) is 0.793. The largest absolute Gasteiger partial charge is 0.494 e. The smallest absolute Gasteiger partial charge is 0.123 e. The zero-order valence-electron chi connectivity index (χ0n) is 10.9. The van der Waals surface area contributed by atoms with Gasteiger partial charge in [0, 0.05) is 16.3 Å². The summed E-state index contributed by atoms with van der Waals surface area (Å²) in [7, 11) is 0. The van der Waals surface area contributed by atoms with E-state index in [2.05, 4.69) is 15.9 Å². The lowest BCUT2D eigenvalue weighted by Gasteiger charge is -2.15. The zero-order valence-corrected chi connectivity index (χ0v) is 13.2. The van der Waals surface area contributed by atoms with Crippen LogP contribution in [0.1, 0.15) is 17.9 Å². The Morgan fingerprint density at radius 3 is 2.55 bits per heavy atom. The van der Waals surface area contributed by atoms with E-state index in [-0.39, 0.29) is 11.7 Å². The van der Waals surface area contributed by atoms with Gasteiger partial charge in [0.1, 0.15) is 11.6 Å². The van der Waals surface area contributed by atoms with Crippen LogP contribution in [0.25, 0.3) is 0 Å². The molecular formula is C16H15BrClFO. The van der Waals surface area contributed by atoms with Gasteiger partial charge in [-0.3, -0.25) is 0 Å². The third kappa shape index (κ3) is 4.50. The molecule has 2 rings (SSSR count). The van der Waals surface area contributed by atoms with Crippen molar-refractivity contribution in [2.24, 2.45) is 0 Å². The van der Waals surface area contributed by atoms with Crippen molar-refractivity contribution in [1.29, 1.82) is 0 Å². The standard InChI is InChI=1S/C16H15BrClFO/c17-14-2-1-3-16(10-14)20-9-8-13(11-18)12-4-6-15(19)7-5-12/h1-7,10,13H,8-9,11H2. The Morgan fingerprint density at radius 2 is 1.90 bits per heavy atom. The first-order chi connectivity index (χ1) is 9.69. The fraction of sp³-hybridized carbons (Fsp3) is 0.250. The highest BCUT2D eigenvalue weighted by Crippen LogP contribution is 2.23. The molecule has 0 aliphatic heterocycles. The summed E-state index contributed by atoms with van der Waals surface area (Å²) in [5.41, 5.74) is 1.04. The molecule has 20 heavy (non-hydrogen) atoms. The van der Waals surface area contributed by atoms with Gasteiger partial charge in [0.25, 0.3) is 0 Å². The van der Waals surface area contributed by atoms with Crippen molar-refractivity contribution in [2.75, 3.05) is 12.5 Å². The third-order valence-corrected chi connectivity index (χ3v) is 3.92. The summed E-state index contributed by atoms with van der Waals surface area (Å²) in [6, 6.07) is 14.2. The molecule has 0 aliphatic carbocycles. The van der Waals surface area contributed by atoms with Crippen LogP contribution in [-0.4, -0.2) is 12.5 Å². The second-order valence-electron chi connectivity index (χ2n) is 4.50. The van der Waals surface area contributed by atoms with E-state index in [1.807, 2.05) is 24.3 Å². The first kappa shape index (κ1) is 15.3. The zero-order chi connectivity index (χ0) is 14.4. The molecule has 2 aromatic carbocycles. The van der Waals surface area contributed by atoms with E-state index in [1.54, 1.807) is 12.1 Å². The summed E-state index contributed by atoms with van der Waals surface area (Å²) in [5.74, 6) is 1.26. The van der Waals surface area contributed by atoms with Crippen molar-refractivity contribution in [1.82, 2.24) is 0 Å². The van der Waals surface area contributed by atoms with Gasteiger partial charge < -0.3 is 4.74 Å². The summed E-state index contributed by atoms with van der Waals surface area (Å²) < 4.78 is 19.6. The first-order valence-electron chi connectivity index (χ1n) is 6.39. The number of hydrogen-bond acceptors (Lipinski definition) is 1. The molecule has 0 aromatic heterocycles. The van der Waals surface area contributed by atoms with Crippen LogP contribution in [0, 0.1) is 5.82 Å². The van der Waals surface area contributed by atoms with E-state index < -0.39 is 0 Å². The van der Waals surface area contributed by atoms with Gasteiger partial charge >= 0.3 is 0 Å². The molecule has 0 saturated heterocycles. The Kier molecular flexibility index (Phi) is 5.86. The number of halogens is 3. The molecule has 0 bridgehead atoms. The summed E-state index contributed by atoms with van der Waals surface area (Å²) in [4.78, 5) is 0. The van der Waals surface area contributed by atoms with Crippen LogP contribution >= 0.6 is 27.5 Å². The molecule has 0 N–H and O–H groups in total. The lowest BCUT2D eigenvalue weighted by atomic mass is 9.98. The highest BCUT2D eigenvalue weighted by molar-refractivity contribution is 9.10. The van der Waals surface area contributed by atoms with Crippen molar-refractivity contribution < 1.29 is 9.13 Å². The minimum absolute atomic E-state index is 0.171. The van der Waals surface area contributed by atoms with E-state index in [4.69, 9.17) is 16.3 Å². The molecule has 0 radical (unpaired) electrons. The van der Waals surface area contributed by atoms with Crippen LogP contribution in [0.4, 0.5) is 4.39 Å². The molecule has 0 aliphatic rings. The highest BCUT2D eigenvalue weighted by Gasteiger charge is 2.10. The highest BCUT2D eigenvalue weighted by atomic mass is 79.9. The summed E-state index contributed by atoms with van der Waals surface area (Å²) in [6.45, 7) is 0.575. The van der Waals surface area contributed by atoms with Gasteiger partial charge in [-0.15, -0.1) is 11.6 Å². The van der Waals surface area contributed by atoms with Crippen LogP contribution in [0.3, 0.4) is 0 Å². The lowest BCUT2D eigenvalue weighted by Crippen LogP contribution is -2.07. The van der Waals surface area contributed by atoms with Crippen molar-refractivity contribution in [3.8, 4) is 5.75 Å². The number of alkyl halides is 1. The van der Waals surface area contributed by atoms with Crippen LogP contribution in [0.5, 0.6) is 5.75 Å². The molecule has 0 heterocycles. The van der Waals surface area contributed by atoms with Crippen LogP contribution in [-0.2, 0) is 0 Å². The minimum atomic E-state index is -0.229. The summed E-state index contributed by atoms with van der Waals surface area (Å²) >= 11 is 9.40. The molecule has 0 saturated carbocycles. The van der Waals surface area contributed by atoms with E-state index in [9.17, 15) is 4.39 Å². The van der Waals surface area contributed by atoms with Gasteiger partial charge in [0.2, 0.25) is 0 Å². The van der Waals surface area contributed by atoms with Gasteiger partial charge in [0.15, 0.2) is 0 Å².